The fourth-order valence-corrected chi connectivity index (χ4v) is 4.68. The number of nitrogens with zero attached hydrogens (tertiary/aromatic N) is 1. The summed E-state index contributed by atoms with van der Waals surface area (Å²) in [4.78, 5) is 15.1. The van der Waals surface area contributed by atoms with Crippen molar-refractivity contribution < 1.29 is 14.3 Å². The van der Waals surface area contributed by atoms with Crippen LogP contribution in [0, 0.1) is 0 Å². The fourth-order valence-electron chi connectivity index (χ4n) is 4.32. The number of anilines is 1. The van der Waals surface area contributed by atoms with Crippen LogP contribution in [0.5, 0.6) is 0 Å². The van der Waals surface area contributed by atoms with Gasteiger partial charge in [0.15, 0.2) is 0 Å². The summed E-state index contributed by atoms with van der Waals surface area (Å²) >= 11 is 3.48. The van der Waals surface area contributed by atoms with E-state index in [9.17, 15) is 4.79 Å². The van der Waals surface area contributed by atoms with Gasteiger partial charge in [0, 0.05) is 29.8 Å². The second kappa shape index (κ2) is 9.50. The Bertz CT molecular complexity index is 638. The third kappa shape index (κ3) is 4.56. The number of morpholine rings is 1. The smallest absolute Gasteiger partial charge is 0.235 e. The molecule has 1 aliphatic carbocycles. The molecule has 6 heteroatoms. The summed E-state index contributed by atoms with van der Waals surface area (Å²) < 4.78 is 12.5. The molecule has 150 valence electrons. The van der Waals surface area contributed by atoms with Crippen LogP contribution in [0.25, 0.3) is 0 Å². The van der Waals surface area contributed by atoms with Crippen LogP contribution in [0.4, 0.5) is 5.69 Å². The Labute approximate surface area is 170 Å². The lowest BCUT2D eigenvalue weighted by Crippen LogP contribution is -2.41. The van der Waals surface area contributed by atoms with E-state index in [0.717, 1.165) is 80.9 Å². The number of fused-ring (bicyclic) bond motifs is 2. The molecule has 1 saturated heterocycles. The highest BCUT2D eigenvalue weighted by Crippen LogP contribution is 2.48. The number of halogens is 1. The zero-order valence-corrected chi connectivity index (χ0v) is 18.0. The minimum Gasteiger partial charge on any atom is -0.379 e. The topological polar surface area (TPSA) is 50.8 Å². The zero-order valence-electron chi connectivity index (χ0n) is 16.4. The van der Waals surface area contributed by atoms with Gasteiger partial charge in [-0.15, -0.1) is 0 Å². The average Bonchev–Trinajstić information content (AvgIpc) is 2.96. The molecular weight excluding hydrogens is 408 g/mol. The van der Waals surface area contributed by atoms with E-state index in [4.69, 9.17) is 9.47 Å². The molecule has 5 nitrogen and oxygen atoms in total. The fraction of sp³-hybridized carbons (Fsp3) is 0.667. The first-order valence-electron chi connectivity index (χ1n) is 10.2. The van der Waals surface area contributed by atoms with Crippen molar-refractivity contribution in [2.45, 2.75) is 51.0 Å². The number of nitrogens with one attached hydrogen (secondary N) is 1. The first-order chi connectivity index (χ1) is 13.2. The summed E-state index contributed by atoms with van der Waals surface area (Å²) in [5.74, 6) is 0.160. The van der Waals surface area contributed by atoms with E-state index in [-0.39, 0.29) is 17.4 Å². The Hall–Kier alpha value is -0.950. The highest BCUT2D eigenvalue weighted by molar-refractivity contribution is 9.10. The van der Waals surface area contributed by atoms with E-state index < -0.39 is 0 Å². The maximum Gasteiger partial charge on any atom is 0.235 e. The van der Waals surface area contributed by atoms with Crippen LogP contribution < -0.4 is 5.32 Å². The summed E-state index contributed by atoms with van der Waals surface area (Å²) in [6.07, 6.45) is 3.92. The highest BCUT2D eigenvalue weighted by atomic mass is 79.9. The Morgan fingerprint density at radius 1 is 1.26 bits per heavy atom. The van der Waals surface area contributed by atoms with Crippen molar-refractivity contribution in [1.29, 1.82) is 0 Å². The van der Waals surface area contributed by atoms with E-state index in [1.165, 1.54) is 0 Å². The second-order valence-electron chi connectivity index (χ2n) is 7.25. The normalized spacial score (nSPS) is 27.7. The molecule has 0 radical (unpaired) electrons. The monoisotopic (exact) mass is 438 g/mol. The molecule has 1 spiro atoms. The van der Waals surface area contributed by atoms with Crippen molar-refractivity contribution in [2.75, 3.05) is 44.8 Å². The number of rotatable bonds is 4. The van der Waals surface area contributed by atoms with Crippen LogP contribution in [0.2, 0.25) is 0 Å². The Morgan fingerprint density at radius 2 is 1.96 bits per heavy atom. The van der Waals surface area contributed by atoms with Crippen LogP contribution in [0.15, 0.2) is 22.7 Å². The second-order valence-corrected chi connectivity index (χ2v) is 8.17. The minimum atomic E-state index is -0.347. The predicted octanol–water partition coefficient (Wildman–Crippen LogP) is 3.96. The summed E-state index contributed by atoms with van der Waals surface area (Å²) in [5, 5.41) is 3.07. The van der Waals surface area contributed by atoms with Crippen LogP contribution >= 0.6 is 15.9 Å². The lowest BCUT2D eigenvalue weighted by molar-refractivity contribution is -0.123. The molecule has 27 heavy (non-hydrogen) atoms. The van der Waals surface area contributed by atoms with Crippen molar-refractivity contribution >= 4 is 27.5 Å². The minimum absolute atomic E-state index is 0.160. The van der Waals surface area contributed by atoms with Gasteiger partial charge in [0.25, 0.3) is 0 Å². The molecule has 0 unspecified atom stereocenters. The average molecular weight is 439 g/mol. The lowest BCUT2D eigenvalue weighted by atomic mass is 9.69. The Kier molecular flexibility index (Phi) is 7.31. The van der Waals surface area contributed by atoms with E-state index in [0.29, 0.717) is 0 Å². The van der Waals surface area contributed by atoms with E-state index >= 15 is 0 Å². The van der Waals surface area contributed by atoms with Crippen LogP contribution in [-0.4, -0.2) is 56.4 Å². The SMILES string of the molecule is CC.O=C1Nc2cc(Br)ccc2C12CCC(OCCN1CCOCC1)CC2. The van der Waals surface area contributed by atoms with Gasteiger partial charge in [0.1, 0.15) is 0 Å². The maximum atomic E-state index is 12.7. The van der Waals surface area contributed by atoms with Crippen molar-refractivity contribution in [2.24, 2.45) is 0 Å². The number of amides is 1. The molecule has 4 rings (SSSR count). The summed E-state index contributed by atoms with van der Waals surface area (Å²) in [5.41, 5.74) is 1.78. The molecular formula is C21H31BrN2O3. The summed E-state index contributed by atoms with van der Waals surface area (Å²) in [6, 6.07) is 6.13. The first kappa shape index (κ1) is 20.8. The molecule has 2 aliphatic heterocycles. The van der Waals surface area contributed by atoms with E-state index in [1.807, 2.05) is 26.0 Å². The number of ether oxygens (including phenoxy) is 2. The van der Waals surface area contributed by atoms with Gasteiger partial charge in [-0.05, 0) is 43.4 Å². The van der Waals surface area contributed by atoms with Gasteiger partial charge in [0.2, 0.25) is 5.91 Å². The quantitative estimate of drug-likeness (QED) is 0.772. The molecule has 0 atom stereocenters. The van der Waals surface area contributed by atoms with Gasteiger partial charge >= 0.3 is 0 Å². The van der Waals surface area contributed by atoms with E-state index in [1.54, 1.807) is 0 Å². The third-order valence-electron chi connectivity index (χ3n) is 5.83. The van der Waals surface area contributed by atoms with Gasteiger partial charge in [-0.1, -0.05) is 35.8 Å². The van der Waals surface area contributed by atoms with Crippen molar-refractivity contribution in [1.82, 2.24) is 4.90 Å². The third-order valence-corrected chi connectivity index (χ3v) is 6.32. The summed E-state index contributed by atoms with van der Waals surface area (Å²) in [6.45, 7) is 9.41. The Balaban J connectivity index is 0.00000102. The zero-order chi connectivity index (χ0) is 19.3. The Morgan fingerprint density at radius 3 is 2.67 bits per heavy atom. The highest BCUT2D eigenvalue weighted by Gasteiger charge is 2.48. The molecule has 1 amide bonds. The molecule has 2 heterocycles. The van der Waals surface area contributed by atoms with Crippen molar-refractivity contribution in [3.05, 3.63) is 28.2 Å². The standard InChI is InChI=1S/C19H25BrN2O3.C2H6/c20-14-1-2-16-17(13-14)21-18(23)19(16)5-3-15(4-6-19)25-12-9-22-7-10-24-11-8-22;1-2/h1-2,13,15H,3-12H2,(H,21,23);1-2H3. The number of benzene rings is 1. The van der Waals surface area contributed by atoms with Crippen LogP contribution in [-0.2, 0) is 19.7 Å². The lowest BCUT2D eigenvalue weighted by Gasteiger charge is -2.36. The molecule has 2 fully saturated rings. The van der Waals surface area contributed by atoms with Crippen molar-refractivity contribution in [3.8, 4) is 0 Å². The van der Waals surface area contributed by atoms with Gasteiger partial charge < -0.3 is 14.8 Å². The summed E-state index contributed by atoms with van der Waals surface area (Å²) in [7, 11) is 0. The maximum absolute atomic E-state index is 12.7. The van der Waals surface area contributed by atoms with Gasteiger partial charge in [-0.2, -0.15) is 0 Å². The number of carbonyl (C=O) groups excluding carboxylic acids is 1. The van der Waals surface area contributed by atoms with Crippen LogP contribution in [0.3, 0.4) is 0 Å². The molecule has 1 saturated carbocycles. The van der Waals surface area contributed by atoms with Crippen molar-refractivity contribution in [3.63, 3.8) is 0 Å². The first-order valence-corrected chi connectivity index (χ1v) is 11.0. The molecule has 1 aromatic carbocycles. The number of hydrogen-bond donors (Lipinski definition) is 1. The number of hydrogen-bond acceptors (Lipinski definition) is 4. The molecule has 0 bridgehead atoms. The predicted molar refractivity (Wildman–Crippen MR) is 111 cm³/mol. The van der Waals surface area contributed by atoms with Gasteiger partial charge in [-0.25, -0.2) is 0 Å². The van der Waals surface area contributed by atoms with Crippen LogP contribution in [0.1, 0.15) is 45.1 Å². The molecule has 0 aromatic heterocycles. The van der Waals surface area contributed by atoms with Gasteiger partial charge in [-0.3, -0.25) is 9.69 Å². The number of carbonyl (C=O) groups is 1. The largest absolute Gasteiger partial charge is 0.379 e. The molecule has 1 aromatic rings. The van der Waals surface area contributed by atoms with E-state index in [2.05, 4.69) is 32.2 Å². The molecule has 1 N–H and O–H groups in total. The molecule has 3 aliphatic rings. The van der Waals surface area contributed by atoms with Gasteiger partial charge in [0.05, 0.1) is 31.3 Å².